The Kier molecular flexibility index (Phi) is 1.98. The van der Waals surface area contributed by atoms with Gasteiger partial charge in [-0.2, -0.15) is 0 Å². The molecule has 1 amide bonds. The Hall–Kier alpha value is -2.17. The summed E-state index contributed by atoms with van der Waals surface area (Å²) >= 11 is 0. The van der Waals surface area contributed by atoms with Crippen molar-refractivity contribution in [3.63, 3.8) is 0 Å². The summed E-state index contributed by atoms with van der Waals surface area (Å²) in [5.41, 5.74) is 5.42. The van der Waals surface area contributed by atoms with Gasteiger partial charge in [0.05, 0.1) is 6.26 Å². The normalized spacial score (nSPS) is 10.0. The van der Waals surface area contributed by atoms with E-state index in [2.05, 4.69) is 4.98 Å². The van der Waals surface area contributed by atoms with E-state index in [1.807, 2.05) is 0 Å². The molecule has 5 heteroatoms. The second kappa shape index (κ2) is 3.29. The van der Waals surface area contributed by atoms with E-state index in [1.54, 1.807) is 35.3 Å². The van der Waals surface area contributed by atoms with Gasteiger partial charge in [0, 0.05) is 18.6 Å². The van der Waals surface area contributed by atoms with Crippen molar-refractivity contribution in [3.8, 4) is 5.88 Å². The first-order valence-electron chi connectivity index (χ1n) is 4.04. The molecule has 0 aromatic rings. The predicted molar refractivity (Wildman–Crippen MR) is 49.7 cm³/mol. The smallest absolute Gasteiger partial charge is 0.270 e. The van der Waals surface area contributed by atoms with Gasteiger partial charge in [0.2, 0.25) is 5.88 Å². The minimum atomic E-state index is -0.557. The van der Waals surface area contributed by atoms with Gasteiger partial charge in [-0.05, 0) is 12.1 Å². The number of nitrogens with one attached hydrogen (secondary N) is 1. The molecule has 0 atom stereocenters. The molecular weight excluding hydrogens is 182 g/mol. The Balaban J connectivity index is 2.76. The van der Waals surface area contributed by atoms with Crippen LogP contribution in [0.5, 0.6) is 0 Å². The van der Waals surface area contributed by atoms with Crippen molar-refractivity contribution in [2.24, 2.45) is 5.73 Å². The summed E-state index contributed by atoms with van der Waals surface area (Å²) in [5, 5.41) is 0. The predicted octanol–water partition coefficient (Wildman–Crippen LogP) is 1.06. The number of carbonyl (C=O) groups is 1. The lowest BCUT2D eigenvalue weighted by Gasteiger charge is -2.06. The molecule has 2 aliphatic heterocycles. The van der Waals surface area contributed by atoms with E-state index in [9.17, 15) is 4.79 Å². The van der Waals surface area contributed by atoms with Crippen LogP contribution < -0.4 is 5.73 Å². The maximum atomic E-state index is 11.0. The van der Waals surface area contributed by atoms with Crippen LogP contribution in [-0.4, -0.2) is 15.5 Å². The third-order valence-corrected chi connectivity index (χ3v) is 1.77. The summed E-state index contributed by atoms with van der Waals surface area (Å²) in [6.07, 6.45) is 6.59. The fourth-order valence-corrected chi connectivity index (χ4v) is 1.16. The molecule has 0 unspecified atom stereocenters. The van der Waals surface area contributed by atoms with Crippen molar-refractivity contribution in [2.45, 2.75) is 0 Å². The molecule has 0 aliphatic carbocycles. The molecule has 72 valence electrons. The standard InChI is InChI=1S/C9H9N3O2/c10-8(13)7-9-12(5-3-11-7)4-1-2-6-14-9/h1-6,11H,(H2,10,13). The summed E-state index contributed by atoms with van der Waals surface area (Å²) in [4.78, 5) is 13.8. The third-order valence-electron chi connectivity index (χ3n) is 1.77. The molecule has 0 saturated carbocycles. The minimum Gasteiger partial charge on any atom is -0.446 e. The zero-order valence-electron chi connectivity index (χ0n) is 7.31. The van der Waals surface area contributed by atoms with Crippen LogP contribution in [0.2, 0.25) is 0 Å². The van der Waals surface area contributed by atoms with E-state index >= 15 is 0 Å². The number of rotatable bonds is 1. The van der Waals surface area contributed by atoms with E-state index in [0.29, 0.717) is 5.88 Å². The van der Waals surface area contributed by atoms with E-state index in [0.717, 1.165) is 0 Å². The molecule has 0 bridgehead atoms. The van der Waals surface area contributed by atoms with Crippen molar-refractivity contribution in [1.82, 2.24) is 9.55 Å². The van der Waals surface area contributed by atoms with Gasteiger partial charge >= 0.3 is 0 Å². The molecule has 0 spiro atoms. The van der Waals surface area contributed by atoms with Gasteiger partial charge in [-0.15, -0.1) is 0 Å². The van der Waals surface area contributed by atoms with E-state index in [1.165, 1.54) is 6.26 Å². The number of nitrogens with two attached hydrogens (primary N) is 1. The van der Waals surface area contributed by atoms with Crippen molar-refractivity contribution in [2.75, 3.05) is 0 Å². The van der Waals surface area contributed by atoms with Gasteiger partial charge in [-0.3, -0.25) is 9.36 Å². The topological polar surface area (TPSA) is 77.0 Å². The van der Waals surface area contributed by atoms with Crippen molar-refractivity contribution < 1.29 is 9.21 Å². The Morgan fingerprint density at radius 1 is 1.43 bits per heavy atom. The Labute approximate surface area is 79.8 Å². The summed E-state index contributed by atoms with van der Waals surface area (Å²) in [7, 11) is 0. The van der Waals surface area contributed by atoms with Gasteiger partial charge in [-0.25, -0.2) is 0 Å². The van der Waals surface area contributed by atoms with Crippen LogP contribution in [0, 0.1) is 0 Å². The zero-order valence-corrected chi connectivity index (χ0v) is 7.31. The highest BCUT2D eigenvalue weighted by molar-refractivity contribution is 5.93. The molecule has 0 aromatic heterocycles. The molecule has 0 radical (unpaired) electrons. The molecule has 0 fully saturated rings. The fraction of sp³-hybridized carbons (Fsp3) is 0. The van der Waals surface area contributed by atoms with Crippen LogP contribution in [0.4, 0.5) is 0 Å². The molecule has 0 saturated heterocycles. The number of primary amides is 1. The molecule has 2 heterocycles. The Morgan fingerprint density at radius 3 is 3.07 bits per heavy atom. The second-order valence-electron chi connectivity index (χ2n) is 2.70. The van der Waals surface area contributed by atoms with Crippen LogP contribution in [-0.2, 0) is 0 Å². The molecule has 2 aliphatic rings. The molecule has 14 heavy (non-hydrogen) atoms. The quantitative estimate of drug-likeness (QED) is 0.707. The van der Waals surface area contributed by atoms with Gasteiger partial charge in [0.25, 0.3) is 5.91 Å². The largest absolute Gasteiger partial charge is 0.446 e. The van der Waals surface area contributed by atoms with Crippen LogP contribution >= 0.6 is 0 Å². The summed E-state index contributed by atoms with van der Waals surface area (Å²) < 4.78 is 6.89. The third kappa shape index (κ3) is 1.35. The summed E-state index contributed by atoms with van der Waals surface area (Å²) in [6.45, 7) is 0. The average Bonchev–Trinajstić information content (AvgIpc) is 2.41. The number of fused-ring (bicyclic) bond motifs is 1. The second-order valence-corrected chi connectivity index (χ2v) is 2.70. The van der Waals surface area contributed by atoms with Gasteiger partial charge in [-0.1, -0.05) is 0 Å². The lowest BCUT2D eigenvalue weighted by Crippen LogP contribution is -2.16. The van der Waals surface area contributed by atoms with Gasteiger partial charge in [0.15, 0.2) is 5.69 Å². The SMILES string of the molecule is NC(=O)c1[nH]ccn2ccccoc1-2. The molecule has 2 rings (SSSR count). The maximum absolute atomic E-state index is 11.0. The monoisotopic (exact) mass is 191 g/mol. The highest BCUT2D eigenvalue weighted by Crippen LogP contribution is 2.11. The maximum Gasteiger partial charge on any atom is 0.270 e. The van der Waals surface area contributed by atoms with Gasteiger partial charge in [0.1, 0.15) is 0 Å². The Bertz CT molecular complexity index is 464. The Morgan fingerprint density at radius 2 is 2.29 bits per heavy atom. The average molecular weight is 191 g/mol. The number of H-pyrrole nitrogens is 1. The summed E-state index contributed by atoms with van der Waals surface area (Å²) in [6, 6.07) is 3.51. The van der Waals surface area contributed by atoms with Crippen molar-refractivity contribution >= 4 is 5.91 Å². The number of amides is 1. The number of hydrogen-bond acceptors (Lipinski definition) is 2. The highest BCUT2D eigenvalue weighted by atomic mass is 16.3. The first-order valence-corrected chi connectivity index (χ1v) is 4.04. The number of nitrogens with zero attached hydrogens (tertiary/aromatic N) is 1. The number of hydrogen-bond donors (Lipinski definition) is 2. The van der Waals surface area contributed by atoms with Crippen LogP contribution in [0.25, 0.3) is 5.88 Å². The van der Waals surface area contributed by atoms with E-state index < -0.39 is 5.91 Å². The van der Waals surface area contributed by atoms with Crippen molar-refractivity contribution in [3.05, 3.63) is 42.7 Å². The number of aromatic nitrogens is 2. The van der Waals surface area contributed by atoms with E-state index in [4.69, 9.17) is 10.2 Å². The van der Waals surface area contributed by atoms with Crippen LogP contribution in [0.1, 0.15) is 10.5 Å². The molecular formula is C9H9N3O2. The molecule has 5 nitrogen and oxygen atoms in total. The summed E-state index contributed by atoms with van der Waals surface area (Å²) in [5.74, 6) is -0.178. The van der Waals surface area contributed by atoms with E-state index in [-0.39, 0.29) is 5.69 Å². The van der Waals surface area contributed by atoms with Crippen molar-refractivity contribution in [1.29, 1.82) is 0 Å². The fourth-order valence-electron chi connectivity index (χ4n) is 1.16. The van der Waals surface area contributed by atoms with Crippen LogP contribution in [0.3, 0.4) is 0 Å². The van der Waals surface area contributed by atoms with Crippen LogP contribution in [0.15, 0.2) is 41.4 Å². The highest BCUT2D eigenvalue weighted by Gasteiger charge is 2.11. The minimum absolute atomic E-state index is 0.240. The first-order chi connectivity index (χ1) is 6.79. The molecule has 0 aromatic carbocycles. The number of carbonyl (C=O) groups excluding carboxylic acids is 1. The van der Waals surface area contributed by atoms with Gasteiger partial charge < -0.3 is 15.1 Å². The zero-order chi connectivity index (χ0) is 9.97. The molecule has 3 N–H and O–H groups in total. The lowest BCUT2D eigenvalue weighted by molar-refractivity contribution is 0.0993. The first kappa shape index (κ1) is 8.43. The lowest BCUT2D eigenvalue weighted by atomic mass is 10.4. The number of aromatic amines is 1.